The zero-order chi connectivity index (χ0) is 13.9. The van der Waals surface area contributed by atoms with Gasteiger partial charge >= 0.3 is 0 Å². The number of hydrogen-bond donors (Lipinski definition) is 2. The Bertz CT molecular complexity index is 647. The Kier molecular flexibility index (Phi) is 3.87. The SMILES string of the molecule is Cn1nccc1CCNS(=O)(=O)c1ccc(N)cc1. The number of nitrogens with two attached hydrogens (primary N) is 1. The lowest BCUT2D eigenvalue weighted by Crippen LogP contribution is -2.26. The van der Waals surface area contributed by atoms with E-state index in [4.69, 9.17) is 5.73 Å². The van der Waals surface area contributed by atoms with E-state index in [9.17, 15) is 8.42 Å². The second kappa shape index (κ2) is 5.41. The molecule has 102 valence electrons. The van der Waals surface area contributed by atoms with Crippen LogP contribution in [0.15, 0.2) is 41.4 Å². The second-order valence-corrected chi connectivity index (χ2v) is 5.93. The van der Waals surface area contributed by atoms with Crippen molar-refractivity contribution >= 4 is 15.7 Å². The van der Waals surface area contributed by atoms with Gasteiger partial charge in [-0.2, -0.15) is 5.10 Å². The second-order valence-electron chi connectivity index (χ2n) is 4.16. The van der Waals surface area contributed by atoms with Crippen LogP contribution in [0.3, 0.4) is 0 Å². The molecule has 0 saturated heterocycles. The van der Waals surface area contributed by atoms with Gasteiger partial charge in [-0.05, 0) is 30.3 Å². The Balaban J connectivity index is 1.98. The highest BCUT2D eigenvalue weighted by Gasteiger charge is 2.13. The van der Waals surface area contributed by atoms with Gasteiger partial charge in [-0.15, -0.1) is 0 Å². The maximum Gasteiger partial charge on any atom is 0.240 e. The first-order chi connectivity index (χ1) is 8.99. The van der Waals surface area contributed by atoms with E-state index in [0.29, 0.717) is 18.7 Å². The Morgan fingerprint density at radius 2 is 1.95 bits per heavy atom. The van der Waals surface area contributed by atoms with E-state index in [2.05, 4.69) is 9.82 Å². The maximum absolute atomic E-state index is 12.0. The maximum atomic E-state index is 12.0. The number of nitrogen functional groups attached to an aromatic ring is 1. The lowest BCUT2D eigenvalue weighted by molar-refractivity contribution is 0.580. The van der Waals surface area contributed by atoms with E-state index >= 15 is 0 Å². The highest BCUT2D eigenvalue weighted by Crippen LogP contribution is 2.11. The normalized spacial score (nSPS) is 11.6. The largest absolute Gasteiger partial charge is 0.399 e. The fourth-order valence-electron chi connectivity index (χ4n) is 1.69. The lowest BCUT2D eigenvalue weighted by atomic mass is 10.3. The first-order valence-electron chi connectivity index (χ1n) is 5.81. The predicted octanol–water partition coefficient (Wildman–Crippen LogP) is 0.523. The van der Waals surface area contributed by atoms with Crippen LogP contribution in [0.5, 0.6) is 0 Å². The Hall–Kier alpha value is -1.86. The molecule has 0 fully saturated rings. The standard InChI is InChI=1S/C12H16N4O2S/c1-16-11(6-8-14-16)7-9-15-19(17,18)12-4-2-10(13)3-5-12/h2-6,8,15H,7,9,13H2,1H3. The fraction of sp³-hybridized carbons (Fsp3) is 0.250. The molecule has 0 bridgehead atoms. The fourth-order valence-corrected chi connectivity index (χ4v) is 2.72. The smallest absolute Gasteiger partial charge is 0.240 e. The Morgan fingerprint density at radius 3 is 2.53 bits per heavy atom. The van der Waals surface area contributed by atoms with Gasteiger partial charge in [0.15, 0.2) is 0 Å². The van der Waals surface area contributed by atoms with Crippen molar-refractivity contribution in [3.05, 3.63) is 42.2 Å². The van der Waals surface area contributed by atoms with Gasteiger partial charge in [-0.3, -0.25) is 4.68 Å². The summed E-state index contributed by atoms with van der Waals surface area (Å²) >= 11 is 0. The van der Waals surface area contributed by atoms with Crippen LogP contribution in [-0.4, -0.2) is 24.7 Å². The van der Waals surface area contributed by atoms with Crippen LogP contribution in [-0.2, 0) is 23.5 Å². The van der Waals surface area contributed by atoms with Gasteiger partial charge in [-0.25, -0.2) is 13.1 Å². The number of rotatable bonds is 5. The third-order valence-corrected chi connectivity index (χ3v) is 4.26. The predicted molar refractivity (Wildman–Crippen MR) is 73.0 cm³/mol. The zero-order valence-electron chi connectivity index (χ0n) is 10.6. The number of aromatic nitrogens is 2. The summed E-state index contributed by atoms with van der Waals surface area (Å²) in [5.41, 5.74) is 7.03. The summed E-state index contributed by atoms with van der Waals surface area (Å²) in [5, 5.41) is 4.03. The van der Waals surface area contributed by atoms with Crippen LogP contribution in [0.1, 0.15) is 5.69 Å². The average molecular weight is 280 g/mol. The number of benzene rings is 1. The van der Waals surface area contributed by atoms with Crippen LogP contribution in [0, 0.1) is 0 Å². The molecular weight excluding hydrogens is 264 g/mol. The molecule has 0 unspecified atom stereocenters. The number of nitrogens with zero attached hydrogens (tertiary/aromatic N) is 2. The summed E-state index contributed by atoms with van der Waals surface area (Å²) in [6.45, 7) is 0.326. The van der Waals surface area contributed by atoms with Crippen LogP contribution in [0.4, 0.5) is 5.69 Å². The third kappa shape index (κ3) is 3.33. The molecule has 0 atom stereocenters. The third-order valence-electron chi connectivity index (χ3n) is 2.79. The van der Waals surface area contributed by atoms with Crippen molar-refractivity contribution < 1.29 is 8.42 Å². The molecule has 1 heterocycles. The molecule has 1 aromatic carbocycles. The summed E-state index contributed by atoms with van der Waals surface area (Å²) in [7, 11) is -1.66. The quantitative estimate of drug-likeness (QED) is 0.781. The van der Waals surface area contributed by atoms with Crippen molar-refractivity contribution in [1.82, 2.24) is 14.5 Å². The number of aryl methyl sites for hydroxylation is 1. The lowest BCUT2D eigenvalue weighted by Gasteiger charge is -2.07. The summed E-state index contributed by atoms with van der Waals surface area (Å²) in [5.74, 6) is 0. The van der Waals surface area contributed by atoms with E-state index in [0.717, 1.165) is 5.69 Å². The molecule has 1 aromatic heterocycles. The zero-order valence-corrected chi connectivity index (χ0v) is 11.4. The van der Waals surface area contributed by atoms with Gasteiger partial charge in [0.25, 0.3) is 0 Å². The molecule has 0 radical (unpaired) electrons. The Morgan fingerprint density at radius 1 is 1.26 bits per heavy atom. The monoisotopic (exact) mass is 280 g/mol. The number of sulfonamides is 1. The van der Waals surface area contributed by atoms with Crippen molar-refractivity contribution in [2.45, 2.75) is 11.3 Å². The molecule has 3 N–H and O–H groups in total. The highest BCUT2D eigenvalue weighted by molar-refractivity contribution is 7.89. The molecule has 6 nitrogen and oxygen atoms in total. The molecule has 2 rings (SSSR count). The van der Waals surface area contributed by atoms with E-state index in [1.807, 2.05) is 13.1 Å². The van der Waals surface area contributed by atoms with Crippen molar-refractivity contribution in [2.75, 3.05) is 12.3 Å². The number of anilines is 1. The van der Waals surface area contributed by atoms with Crippen molar-refractivity contribution in [3.63, 3.8) is 0 Å². The molecule has 7 heteroatoms. The molecular formula is C12H16N4O2S. The van der Waals surface area contributed by atoms with Crippen LogP contribution >= 0.6 is 0 Å². The Labute approximate surface area is 112 Å². The first kappa shape index (κ1) is 13.6. The number of hydrogen-bond acceptors (Lipinski definition) is 4. The van der Waals surface area contributed by atoms with Gasteiger partial charge < -0.3 is 5.73 Å². The van der Waals surface area contributed by atoms with Crippen LogP contribution < -0.4 is 10.5 Å². The van der Waals surface area contributed by atoms with E-state index in [-0.39, 0.29) is 4.90 Å². The van der Waals surface area contributed by atoms with Gasteiger partial charge in [0.05, 0.1) is 4.90 Å². The van der Waals surface area contributed by atoms with Crippen molar-refractivity contribution in [1.29, 1.82) is 0 Å². The minimum atomic E-state index is -3.48. The molecule has 19 heavy (non-hydrogen) atoms. The molecule has 0 saturated carbocycles. The molecule has 0 amide bonds. The van der Waals surface area contributed by atoms with Crippen molar-refractivity contribution in [2.24, 2.45) is 7.05 Å². The summed E-state index contributed by atoms with van der Waals surface area (Å²) < 4.78 is 28.2. The average Bonchev–Trinajstić information content (AvgIpc) is 2.75. The van der Waals surface area contributed by atoms with Crippen LogP contribution in [0.25, 0.3) is 0 Å². The van der Waals surface area contributed by atoms with Crippen LogP contribution in [0.2, 0.25) is 0 Å². The molecule has 2 aromatic rings. The van der Waals surface area contributed by atoms with Gasteiger partial charge in [0.2, 0.25) is 10.0 Å². The summed E-state index contributed by atoms with van der Waals surface area (Å²) in [6, 6.07) is 7.96. The van der Waals surface area contributed by atoms with Gasteiger partial charge in [0, 0.05) is 37.6 Å². The molecule has 0 spiro atoms. The minimum Gasteiger partial charge on any atom is -0.399 e. The van der Waals surface area contributed by atoms with E-state index < -0.39 is 10.0 Å². The van der Waals surface area contributed by atoms with Gasteiger partial charge in [-0.1, -0.05) is 0 Å². The van der Waals surface area contributed by atoms with Crippen molar-refractivity contribution in [3.8, 4) is 0 Å². The molecule has 0 aliphatic rings. The van der Waals surface area contributed by atoms with Gasteiger partial charge in [0.1, 0.15) is 0 Å². The highest BCUT2D eigenvalue weighted by atomic mass is 32.2. The molecule has 0 aliphatic heterocycles. The first-order valence-corrected chi connectivity index (χ1v) is 7.29. The molecule has 0 aliphatic carbocycles. The summed E-state index contributed by atoms with van der Waals surface area (Å²) in [6.07, 6.45) is 2.27. The summed E-state index contributed by atoms with van der Waals surface area (Å²) in [4.78, 5) is 0.215. The van der Waals surface area contributed by atoms with E-state index in [1.54, 1.807) is 23.0 Å². The topological polar surface area (TPSA) is 90.0 Å². The minimum absolute atomic E-state index is 0.215. The number of nitrogens with one attached hydrogen (secondary N) is 1. The van der Waals surface area contributed by atoms with E-state index in [1.165, 1.54) is 12.1 Å².